The Morgan fingerprint density at radius 1 is 1.17 bits per heavy atom. The zero-order valence-electron chi connectivity index (χ0n) is 14.0. The first kappa shape index (κ1) is 16.6. The maximum absolute atomic E-state index is 12.7. The lowest BCUT2D eigenvalue weighted by Crippen LogP contribution is -2.39. The minimum atomic E-state index is -3.73. The number of sulfonamides is 1. The van der Waals surface area contributed by atoms with Gasteiger partial charge < -0.3 is 9.47 Å². The van der Waals surface area contributed by atoms with Crippen LogP contribution in [0.2, 0.25) is 0 Å². The van der Waals surface area contributed by atoms with Gasteiger partial charge in [0.05, 0.1) is 5.69 Å². The lowest BCUT2D eigenvalue weighted by molar-refractivity contribution is 0.0715. The average Bonchev–Trinajstić information content (AvgIpc) is 2.96. The Hall–Kier alpha value is -2.28. The first-order chi connectivity index (χ1) is 11.3. The number of nitrogens with one attached hydrogen (secondary N) is 1. The van der Waals surface area contributed by atoms with Gasteiger partial charge in [-0.2, -0.15) is 0 Å². The highest BCUT2D eigenvalue weighted by Gasteiger charge is 2.27. The van der Waals surface area contributed by atoms with Gasteiger partial charge in [0, 0.05) is 25.8 Å². The molecule has 6 nitrogen and oxygen atoms in total. The third-order valence-corrected chi connectivity index (χ3v) is 5.64. The van der Waals surface area contributed by atoms with Gasteiger partial charge in [-0.15, -0.1) is 0 Å². The fourth-order valence-electron chi connectivity index (χ4n) is 2.92. The molecule has 7 heteroatoms. The smallest absolute Gasteiger partial charge is 0.270 e. The maximum atomic E-state index is 12.7. The highest BCUT2D eigenvalue weighted by molar-refractivity contribution is 7.92. The maximum Gasteiger partial charge on any atom is 0.270 e. The van der Waals surface area contributed by atoms with Crippen LogP contribution >= 0.6 is 0 Å². The predicted octanol–water partition coefficient (Wildman–Crippen LogP) is 2.38. The number of carbonyl (C=O) groups excluding carboxylic acids is 1. The molecule has 0 saturated carbocycles. The van der Waals surface area contributed by atoms with Crippen LogP contribution in [0.4, 0.5) is 5.69 Å². The first-order valence-electron chi connectivity index (χ1n) is 7.91. The van der Waals surface area contributed by atoms with E-state index in [4.69, 9.17) is 0 Å². The van der Waals surface area contributed by atoms with Crippen molar-refractivity contribution in [1.29, 1.82) is 0 Å². The molecule has 128 valence electrons. The molecule has 0 atom stereocenters. The third kappa shape index (κ3) is 2.91. The van der Waals surface area contributed by atoms with Crippen LogP contribution < -0.4 is 4.72 Å². The number of carbonyl (C=O) groups is 1. The molecule has 2 heterocycles. The standard InChI is InChI=1S/C17H21N3O3S/c1-4-19-7-8-20-11-14(10-16(20)17(19)21)24(22,23)18-15-6-5-12(2)9-13(15)3/h5-6,9-11,18H,4,7-8H2,1-3H3. The summed E-state index contributed by atoms with van der Waals surface area (Å²) in [5.41, 5.74) is 2.89. The summed E-state index contributed by atoms with van der Waals surface area (Å²) < 4.78 is 29.7. The Balaban J connectivity index is 1.93. The van der Waals surface area contributed by atoms with Gasteiger partial charge in [-0.05, 0) is 38.5 Å². The summed E-state index contributed by atoms with van der Waals surface area (Å²) in [6.45, 7) is 7.55. The number of fused-ring (bicyclic) bond motifs is 1. The van der Waals surface area contributed by atoms with E-state index in [2.05, 4.69) is 4.72 Å². The number of amides is 1. The van der Waals surface area contributed by atoms with Crippen molar-refractivity contribution in [2.75, 3.05) is 17.8 Å². The molecule has 0 unspecified atom stereocenters. The second-order valence-electron chi connectivity index (χ2n) is 6.06. The molecule has 0 radical (unpaired) electrons. The summed E-state index contributed by atoms with van der Waals surface area (Å²) in [4.78, 5) is 14.2. The molecule has 1 aliphatic heterocycles. The summed E-state index contributed by atoms with van der Waals surface area (Å²) >= 11 is 0. The van der Waals surface area contributed by atoms with E-state index in [0.717, 1.165) is 11.1 Å². The Kier molecular flexibility index (Phi) is 4.13. The summed E-state index contributed by atoms with van der Waals surface area (Å²) in [6.07, 6.45) is 1.53. The van der Waals surface area contributed by atoms with E-state index >= 15 is 0 Å². The lowest BCUT2D eigenvalue weighted by Gasteiger charge is -2.26. The molecule has 0 bridgehead atoms. The molecule has 0 fully saturated rings. The van der Waals surface area contributed by atoms with E-state index in [9.17, 15) is 13.2 Å². The van der Waals surface area contributed by atoms with E-state index in [1.54, 1.807) is 15.5 Å². The van der Waals surface area contributed by atoms with E-state index in [1.165, 1.54) is 12.3 Å². The summed E-state index contributed by atoms with van der Waals surface area (Å²) in [7, 11) is -3.73. The van der Waals surface area contributed by atoms with Gasteiger partial charge in [0.15, 0.2) is 0 Å². The number of anilines is 1. The summed E-state index contributed by atoms with van der Waals surface area (Å²) in [5, 5.41) is 0. The molecule has 2 aromatic rings. The van der Waals surface area contributed by atoms with Crippen molar-refractivity contribution in [3.8, 4) is 0 Å². The quantitative estimate of drug-likeness (QED) is 0.923. The molecule has 0 spiro atoms. The van der Waals surface area contributed by atoms with Crippen molar-refractivity contribution >= 4 is 21.6 Å². The number of benzene rings is 1. The summed E-state index contributed by atoms with van der Waals surface area (Å²) in [6, 6.07) is 6.99. The van der Waals surface area contributed by atoms with Crippen LogP contribution in [0, 0.1) is 13.8 Å². The highest BCUT2D eigenvalue weighted by atomic mass is 32.2. The van der Waals surface area contributed by atoms with E-state index in [-0.39, 0.29) is 10.8 Å². The molecule has 0 saturated heterocycles. The summed E-state index contributed by atoms with van der Waals surface area (Å²) in [5.74, 6) is -0.128. The lowest BCUT2D eigenvalue weighted by atomic mass is 10.1. The molecule has 0 aliphatic carbocycles. The molecule has 1 aromatic heterocycles. The number of hydrogen-bond donors (Lipinski definition) is 1. The minimum absolute atomic E-state index is 0.115. The van der Waals surface area contributed by atoms with Crippen LogP contribution in [0.3, 0.4) is 0 Å². The predicted molar refractivity (Wildman–Crippen MR) is 92.7 cm³/mol. The zero-order valence-corrected chi connectivity index (χ0v) is 14.9. The van der Waals surface area contributed by atoms with E-state index < -0.39 is 10.0 Å². The van der Waals surface area contributed by atoms with Crippen molar-refractivity contribution < 1.29 is 13.2 Å². The Bertz CT molecular complexity index is 900. The second kappa shape index (κ2) is 5.98. The number of nitrogens with zero attached hydrogens (tertiary/aromatic N) is 2. The van der Waals surface area contributed by atoms with Crippen molar-refractivity contribution in [2.45, 2.75) is 32.2 Å². The normalized spacial score (nSPS) is 14.6. The van der Waals surface area contributed by atoms with Crippen molar-refractivity contribution in [3.05, 3.63) is 47.3 Å². The van der Waals surface area contributed by atoms with Gasteiger partial charge in [-0.25, -0.2) is 8.42 Å². The second-order valence-corrected chi connectivity index (χ2v) is 7.75. The van der Waals surface area contributed by atoms with Crippen molar-refractivity contribution in [2.24, 2.45) is 0 Å². The number of likely N-dealkylation sites (N-methyl/N-ethyl adjacent to an activating group) is 1. The van der Waals surface area contributed by atoms with Gasteiger partial charge in [0.25, 0.3) is 15.9 Å². The fraction of sp³-hybridized carbons (Fsp3) is 0.353. The number of aromatic nitrogens is 1. The van der Waals surface area contributed by atoms with Crippen LogP contribution in [0.25, 0.3) is 0 Å². The molecular formula is C17H21N3O3S. The van der Waals surface area contributed by atoms with Gasteiger partial charge in [-0.1, -0.05) is 17.7 Å². The van der Waals surface area contributed by atoms with Crippen molar-refractivity contribution in [3.63, 3.8) is 0 Å². The number of hydrogen-bond acceptors (Lipinski definition) is 3. The molecule has 3 rings (SSSR count). The Morgan fingerprint density at radius 3 is 2.58 bits per heavy atom. The number of rotatable bonds is 4. The minimum Gasteiger partial charge on any atom is -0.340 e. The monoisotopic (exact) mass is 347 g/mol. The largest absolute Gasteiger partial charge is 0.340 e. The third-order valence-electron chi connectivity index (χ3n) is 4.31. The topological polar surface area (TPSA) is 71.4 Å². The van der Waals surface area contributed by atoms with Gasteiger partial charge >= 0.3 is 0 Å². The Morgan fingerprint density at radius 2 is 1.92 bits per heavy atom. The van der Waals surface area contributed by atoms with Crippen LogP contribution in [-0.4, -0.2) is 36.9 Å². The van der Waals surface area contributed by atoms with E-state index in [1.807, 2.05) is 32.9 Å². The Labute approximate surface area is 142 Å². The van der Waals surface area contributed by atoms with Gasteiger partial charge in [0.1, 0.15) is 10.6 Å². The zero-order chi connectivity index (χ0) is 17.5. The molecule has 24 heavy (non-hydrogen) atoms. The van der Waals surface area contributed by atoms with Gasteiger partial charge in [-0.3, -0.25) is 9.52 Å². The molecular weight excluding hydrogens is 326 g/mol. The van der Waals surface area contributed by atoms with Crippen LogP contribution in [0.1, 0.15) is 28.5 Å². The molecule has 1 N–H and O–H groups in total. The number of aryl methyl sites for hydroxylation is 2. The van der Waals surface area contributed by atoms with Crippen LogP contribution in [-0.2, 0) is 16.6 Å². The average molecular weight is 347 g/mol. The highest BCUT2D eigenvalue weighted by Crippen LogP contribution is 2.24. The van der Waals surface area contributed by atoms with Crippen molar-refractivity contribution in [1.82, 2.24) is 9.47 Å². The van der Waals surface area contributed by atoms with Crippen LogP contribution in [0.5, 0.6) is 0 Å². The fourth-order valence-corrected chi connectivity index (χ4v) is 4.09. The first-order valence-corrected chi connectivity index (χ1v) is 9.39. The van der Waals surface area contributed by atoms with E-state index in [0.29, 0.717) is 31.0 Å². The van der Waals surface area contributed by atoms with Crippen LogP contribution in [0.15, 0.2) is 35.4 Å². The van der Waals surface area contributed by atoms with Gasteiger partial charge in [0.2, 0.25) is 0 Å². The molecule has 1 aliphatic rings. The SMILES string of the molecule is CCN1CCn2cc(S(=O)(=O)Nc3ccc(C)cc3C)cc2C1=O. The molecule has 1 amide bonds. The molecule has 1 aromatic carbocycles.